The topological polar surface area (TPSA) is 48.4 Å². The van der Waals surface area contributed by atoms with Gasteiger partial charge < -0.3 is 4.42 Å². The van der Waals surface area contributed by atoms with Crippen molar-refractivity contribution in [1.29, 1.82) is 0 Å². The molecule has 0 radical (unpaired) electrons. The molecule has 2 aromatic rings. The van der Waals surface area contributed by atoms with E-state index < -0.39 is 0 Å². The lowest BCUT2D eigenvalue weighted by Gasteiger charge is -1.89. The summed E-state index contributed by atoms with van der Waals surface area (Å²) in [6.07, 6.45) is 0. The van der Waals surface area contributed by atoms with Crippen LogP contribution in [-0.2, 0) is 11.4 Å². The number of nitrogens with two attached hydrogens (primary N) is 1. The molecule has 68 valence electrons. The van der Waals surface area contributed by atoms with Gasteiger partial charge in [-0.2, -0.15) is 0 Å². The Labute approximate surface area is 83.5 Å². The monoisotopic (exact) mass is 241 g/mol. The first-order chi connectivity index (χ1) is 6.29. The Morgan fingerprint density at radius 3 is 3.00 bits per heavy atom. The van der Waals surface area contributed by atoms with Crippen molar-refractivity contribution >= 4 is 26.9 Å². The summed E-state index contributed by atoms with van der Waals surface area (Å²) in [4.78, 5) is 4.48. The molecule has 0 unspecified atom stereocenters. The zero-order valence-corrected chi connectivity index (χ0v) is 8.37. The first-order valence-electron chi connectivity index (χ1n) is 3.79. The lowest BCUT2D eigenvalue weighted by atomic mass is 10.2. The number of fused-ring (bicyclic) bond motifs is 1. The minimum atomic E-state index is 0.298. The van der Waals surface area contributed by atoms with Crippen molar-refractivity contribution in [1.82, 2.24) is 0 Å². The van der Waals surface area contributed by atoms with Crippen molar-refractivity contribution in [3.63, 3.8) is 0 Å². The van der Waals surface area contributed by atoms with Crippen molar-refractivity contribution in [2.75, 3.05) is 0 Å². The standard InChI is InChI=1S/C9H8BrNO2/c10-7-1-2-9-6(3-7)4-8(13-9)5-12-11/h1-4H,5,11H2. The van der Waals surface area contributed by atoms with Crippen molar-refractivity contribution < 1.29 is 9.25 Å². The molecule has 3 nitrogen and oxygen atoms in total. The second-order valence-electron chi connectivity index (χ2n) is 2.71. The van der Waals surface area contributed by atoms with Crippen molar-refractivity contribution in [3.8, 4) is 0 Å². The van der Waals surface area contributed by atoms with Gasteiger partial charge in [-0.15, -0.1) is 0 Å². The highest BCUT2D eigenvalue weighted by Crippen LogP contribution is 2.23. The summed E-state index contributed by atoms with van der Waals surface area (Å²) < 4.78 is 6.47. The third kappa shape index (κ3) is 1.75. The highest BCUT2D eigenvalue weighted by molar-refractivity contribution is 9.10. The lowest BCUT2D eigenvalue weighted by molar-refractivity contribution is 0.110. The van der Waals surface area contributed by atoms with E-state index in [-0.39, 0.29) is 0 Å². The summed E-state index contributed by atoms with van der Waals surface area (Å²) in [5.41, 5.74) is 0.843. The molecule has 1 aromatic heterocycles. The molecule has 0 saturated carbocycles. The summed E-state index contributed by atoms with van der Waals surface area (Å²) in [6.45, 7) is 0.298. The van der Waals surface area contributed by atoms with Crippen LogP contribution in [0.25, 0.3) is 11.0 Å². The van der Waals surface area contributed by atoms with Crippen LogP contribution < -0.4 is 5.90 Å². The molecule has 0 aliphatic rings. The molecule has 0 fully saturated rings. The third-order valence-corrected chi connectivity index (χ3v) is 2.25. The Bertz CT molecular complexity index is 424. The van der Waals surface area contributed by atoms with Gasteiger partial charge in [0.25, 0.3) is 0 Å². The molecule has 0 aliphatic heterocycles. The highest BCUT2D eigenvalue weighted by Gasteiger charge is 2.03. The third-order valence-electron chi connectivity index (χ3n) is 1.75. The van der Waals surface area contributed by atoms with Crippen LogP contribution in [-0.4, -0.2) is 0 Å². The Kier molecular flexibility index (Phi) is 2.35. The number of hydrogen-bond acceptors (Lipinski definition) is 3. The van der Waals surface area contributed by atoms with Gasteiger partial charge in [0, 0.05) is 9.86 Å². The minimum Gasteiger partial charge on any atom is -0.459 e. The molecule has 1 aromatic carbocycles. The van der Waals surface area contributed by atoms with Gasteiger partial charge in [-0.1, -0.05) is 15.9 Å². The average Bonchev–Trinajstić information content (AvgIpc) is 2.46. The van der Waals surface area contributed by atoms with Crippen LogP contribution >= 0.6 is 15.9 Å². The lowest BCUT2D eigenvalue weighted by Crippen LogP contribution is -1.96. The zero-order valence-electron chi connectivity index (χ0n) is 6.79. The van der Waals surface area contributed by atoms with E-state index in [2.05, 4.69) is 20.8 Å². The van der Waals surface area contributed by atoms with E-state index in [1.807, 2.05) is 24.3 Å². The molecule has 4 heteroatoms. The smallest absolute Gasteiger partial charge is 0.134 e. The van der Waals surface area contributed by atoms with E-state index in [4.69, 9.17) is 10.3 Å². The minimum absolute atomic E-state index is 0.298. The molecular weight excluding hydrogens is 234 g/mol. The van der Waals surface area contributed by atoms with Gasteiger partial charge >= 0.3 is 0 Å². The quantitative estimate of drug-likeness (QED) is 0.823. The summed E-state index contributed by atoms with van der Waals surface area (Å²) >= 11 is 3.38. The highest BCUT2D eigenvalue weighted by atomic mass is 79.9. The van der Waals surface area contributed by atoms with Crippen LogP contribution in [0, 0.1) is 0 Å². The fourth-order valence-corrected chi connectivity index (χ4v) is 1.60. The summed E-state index contributed by atoms with van der Waals surface area (Å²) in [6, 6.07) is 7.73. The molecule has 2 rings (SSSR count). The molecule has 0 bridgehead atoms. The van der Waals surface area contributed by atoms with Crippen LogP contribution in [0.2, 0.25) is 0 Å². The van der Waals surface area contributed by atoms with Crippen molar-refractivity contribution in [2.24, 2.45) is 5.90 Å². The number of hydrogen-bond donors (Lipinski definition) is 1. The Morgan fingerprint density at radius 2 is 2.23 bits per heavy atom. The molecule has 0 aliphatic carbocycles. The van der Waals surface area contributed by atoms with Gasteiger partial charge in [0.1, 0.15) is 18.0 Å². The van der Waals surface area contributed by atoms with E-state index in [1.165, 1.54) is 0 Å². The van der Waals surface area contributed by atoms with Gasteiger partial charge in [0.15, 0.2) is 0 Å². The van der Waals surface area contributed by atoms with Gasteiger partial charge in [-0.25, -0.2) is 5.90 Å². The van der Waals surface area contributed by atoms with Crippen LogP contribution in [0.1, 0.15) is 5.76 Å². The normalized spacial score (nSPS) is 10.9. The maximum atomic E-state index is 5.44. The molecule has 0 saturated heterocycles. The van der Waals surface area contributed by atoms with E-state index >= 15 is 0 Å². The number of rotatable bonds is 2. The SMILES string of the molecule is NOCc1cc2cc(Br)ccc2o1. The molecule has 0 amide bonds. The van der Waals surface area contributed by atoms with E-state index in [0.29, 0.717) is 6.61 Å². The van der Waals surface area contributed by atoms with Crippen LogP contribution in [0.15, 0.2) is 33.2 Å². The average molecular weight is 242 g/mol. The number of furan rings is 1. The van der Waals surface area contributed by atoms with Crippen LogP contribution in [0.3, 0.4) is 0 Å². The van der Waals surface area contributed by atoms with Gasteiger partial charge in [-0.05, 0) is 24.3 Å². The number of benzene rings is 1. The zero-order chi connectivity index (χ0) is 9.26. The Balaban J connectivity index is 2.49. The van der Waals surface area contributed by atoms with E-state index in [0.717, 1.165) is 21.2 Å². The molecular formula is C9H8BrNO2. The summed E-state index contributed by atoms with van der Waals surface area (Å²) in [5, 5.41) is 1.04. The molecule has 13 heavy (non-hydrogen) atoms. The molecule has 1 heterocycles. The van der Waals surface area contributed by atoms with Crippen molar-refractivity contribution in [2.45, 2.75) is 6.61 Å². The largest absolute Gasteiger partial charge is 0.459 e. The predicted octanol–water partition coefficient (Wildman–Crippen LogP) is 2.59. The molecule has 0 spiro atoms. The van der Waals surface area contributed by atoms with E-state index in [1.54, 1.807) is 0 Å². The van der Waals surface area contributed by atoms with Gasteiger partial charge in [-0.3, -0.25) is 4.84 Å². The fraction of sp³-hybridized carbons (Fsp3) is 0.111. The first kappa shape index (κ1) is 8.74. The summed E-state index contributed by atoms with van der Waals surface area (Å²) in [5.74, 6) is 5.68. The Hall–Kier alpha value is -0.840. The second-order valence-corrected chi connectivity index (χ2v) is 3.62. The van der Waals surface area contributed by atoms with Crippen LogP contribution in [0.4, 0.5) is 0 Å². The van der Waals surface area contributed by atoms with Crippen LogP contribution in [0.5, 0.6) is 0 Å². The number of halogens is 1. The molecule has 0 atom stereocenters. The summed E-state index contributed by atoms with van der Waals surface area (Å²) in [7, 11) is 0. The van der Waals surface area contributed by atoms with E-state index in [9.17, 15) is 0 Å². The Morgan fingerprint density at radius 1 is 1.38 bits per heavy atom. The fourth-order valence-electron chi connectivity index (χ4n) is 1.22. The first-order valence-corrected chi connectivity index (χ1v) is 4.58. The second kappa shape index (κ2) is 3.49. The molecule has 2 N–H and O–H groups in total. The maximum absolute atomic E-state index is 5.44. The van der Waals surface area contributed by atoms with Gasteiger partial charge in [0.2, 0.25) is 0 Å². The van der Waals surface area contributed by atoms with Gasteiger partial charge in [0.05, 0.1) is 0 Å². The maximum Gasteiger partial charge on any atom is 0.134 e. The van der Waals surface area contributed by atoms with Crippen molar-refractivity contribution in [3.05, 3.63) is 34.5 Å². The predicted molar refractivity (Wildman–Crippen MR) is 52.9 cm³/mol.